The van der Waals surface area contributed by atoms with Crippen molar-refractivity contribution >= 4 is 15.5 Å². The lowest BCUT2D eigenvalue weighted by molar-refractivity contribution is 0.293. The van der Waals surface area contributed by atoms with Gasteiger partial charge in [0.15, 0.2) is 9.84 Å². The molecular formula is C7H13NO4S. The first-order chi connectivity index (χ1) is 6.00. The number of rotatable bonds is 4. The van der Waals surface area contributed by atoms with Gasteiger partial charge in [0.2, 0.25) is 0 Å². The molecule has 13 heavy (non-hydrogen) atoms. The zero-order valence-electron chi connectivity index (χ0n) is 7.34. The van der Waals surface area contributed by atoms with E-state index in [1.807, 2.05) is 0 Å². The Morgan fingerprint density at radius 2 is 2.15 bits per heavy atom. The van der Waals surface area contributed by atoms with Gasteiger partial charge < -0.3 is 10.3 Å². The van der Waals surface area contributed by atoms with Crippen LogP contribution in [0.2, 0.25) is 0 Å². The van der Waals surface area contributed by atoms with Crippen LogP contribution >= 0.6 is 0 Å². The van der Waals surface area contributed by atoms with E-state index in [0.29, 0.717) is 0 Å². The molecule has 0 radical (unpaired) electrons. The molecule has 0 aromatic carbocycles. The predicted octanol–water partition coefficient (Wildman–Crippen LogP) is -0.368. The third kappa shape index (κ3) is 2.41. The van der Waals surface area contributed by atoms with Gasteiger partial charge >= 0.3 is 0 Å². The molecule has 0 saturated heterocycles. The van der Waals surface area contributed by atoms with Crippen LogP contribution in [0.4, 0.5) is 0 Å². The Labute approximate surface area is 77.0 Å². The van der Waals surface area contributed by atoms with E-state index < -0.39 is 21.7 Å². The van der Waals surface area contributed by atoms with Crippen molar-refractivity contribution in [2.45, 2.75) is 18.1 Å². The van der Waals surface area contributed by atoms with Gasteiger partial charge in [0.05, 0.1) is 12.3 Å². The van der Waals surface area contributed by atoms with Crippen molar-refractivity contribution in [3.8, 4) is 0 Å². The van der Waals surface area contributed by atoms with Crippen LogP contribution in [0, 0.1) is 5.92 Å². The molecule has 1 fully saturated rings. The molecule has 0 heterocycles. The van der Waals surface area contributed by atoms with E-state index in [4.69, 9.17) is 10.3 Å². The van der Waals surface area contributed by atoms with Crippen LogP contribution in [0.5, 0.6) is 0 Å². The SMILES string of the molecule is CS(=O)(=O)[C@H](CO)/C(=N\O)C1CC1. The third-order valence-electron chi connectivity index (χ3n) is 2.12. The van der Waals surface area contributed by atoms with E-state index in [1.165, 1.54) is 0 Å². The summed E-state index contributed by atoms with van der Waals surface area (Å²) in [6.45, 7) is -0.519. The fourth-order valence-electron chi connectivity index (χ4n) is 1.24. The lowest BCUT2D eigenvalue weighted by Gasteiger charge is -2.12. The molecule has 5 nitrogen and oxygen atoms in total. The molecule has 1 aliphatic rings. The van der Waals surface area contributed by atoms with Gasteiger partial charge in [0, 0.05) is 12.2 Å². The van der Waals surface area contributed by atoms with Gasteiger partial charge in [-0.1, -0.05) is 5.16 Å². The van der Waals surface area contributed by atoms with Gasteiger partial charge in [-0.15, -0.1) is 0 Å². The normalized spacial score (nSPS) is 21.5. The van der Waals surface area contributed by atoms with Crippen LogP contribution in [0.25, 0.3) is 0 Å². The summed E-state index contributed by atoms with van der Waals surface area (Å²) in [6.07, 6.45) is 2.71. The lowest BCUT2D eigenvalue weighted by atomic mass is 10.2. The Morgan fingerprint density at radius 3 is 2.38 bits per heavy atom. The number of oxime groups is 1. The Bertz CT molecular complexity index is 304. The Balaban J connectivity index is 2.87. The van der Waals surface area contributed by atoms with Crippen LogP contribution < -0.4 is 0 Å². The summed E-state index contributed by atoms with van der Waals surface area (Å²) in [7, 11) is -3.37. The molecule has 1 aliphatic carbocycles. The van der Waals surface area contributed by atoms with Crippen molar-refractivity contribution in [1.29, 1.82) is 0 Å². The molecule has 0 amide bonds. The zero-order chi connectivity index (χ0) is 10.1. The number of aliphatic hydroxyl groups is 1. The summed E-state index contributed by atoms with van der Waals surface area (Å²) in [6, 6.07) is 0. The maximum Gasteiger partial charge on any atom is 0.158 e. The summed E-state index contributed by atoms with van der Waals surface area (Å²) in [4.78, 5) is 0. The third-order valence-corrected chi connectivity index (χ3v) is 3.55. The molecule has 0 bridgehead atoms. The van der Waals surface area contributed by atoms with Crippen LogP contribution in [-0.2, 0) is 9.84 Å². The Hall–Kier alpha value is -0.620. The minimum atomic E-state index is -3.37. The summed E-state index contributed by atoms with van der Waals surface area (Å²) in [5, 5.41) is 19.4. The van der Waals surface area contributed by atoms with Crippen molar-refractivity contribution in [3.63, 3.8) is 0 Å². The van der Waals surface area contributed by atoms with Gasteiger partial charge in [-0.3, -0.25) is 0 Å². The van der Waals surface area contributed by atoms with Crippen LogP contribution in [0.3, 0.4) is 0 Å². The monoisotopic (exact) mass is 207 g/mol. The number of sulfone groups is 1. The van der Waals surface area contributed by atoms with Crippen LogP contribution in [0.15, 0.2) is 5.16 Å². The first kappa shape index (κ1) is 10.5. The largest absolute Gasteiger partial charge is 0.411 e. The fourth-order valence-corrected chi connectivity index (χ4v) is 2.19. The van der Waals surface area contributed by atoms with Gasteiger partial charge in [-0.2, -0.15) is 0 Å². The Morgan fingerprint density at radius 1 is 1.62 bits per heavy atom. The summed E-state index contributed by atoms with van der Waals surface area (Å²) < 4.78 is 22.3. The highest BCUT2D eigenvalue weighted by Gasteiger charge is 2.37. The standard InChI is InChI=1S/C7H13NO4S/c1-13(11,12)6(4-9)7(8-10)5-2-3-5/h5-6,9-10H,2-4H2,1H3/b8-7-/t6-/m1/s1. The Kier molecular flexibility index (Phi) is 2.92. The highest BCUT2D eigenvalue weighted by atomic mass is 32.2. The van der Waals surface area contributed by atoms with E-state index in [1.54, 1.807) is 0 Å². The molecule has 1 rings (SSSR count). The highest BCUT2D eigenvalue weighted by Crippen LogP contribution is 2.33. The van der Waals surface area contributed by atoms with E-state index in [0.717, 1.165) is 19.1 Å². The molecule has 0 aromatic rings. The van der Waals surface area contributed by atoms with Crippen molar-refractivity contribution in [3.05, 3.63) is 0 Å². The molecular weight excluding hydrogens is 194 g/mol. The average Bonchev–Trinajstić information content (AvgIpc) is 2.79. The number of aliphatic hydroxyl groups excluding tert-OH is 1. The van der Waals surface area contributed by atoms with Crippen molar-refractivity contribution in [1.82, 2.24) is 0 Å². The van der Waals surface area contributed by atoms with E-state index in [2.05, 4.69) is 5.16 Å². The minimum absolute atomic E-state index is 0.0388. The first-order valence-corrected chi connectivity index (χ1v) is 5.97. The van der Waals surface area contributed by atoms with Gasteiger partial charge in [0.25, 0.3) is 0 Å². The first-order valence-electron chi connectivity index (χ1n) is 4.02. The maximum absolute atomic E-state index is 11.1. The van der Waals surface area contributed by atoms with Crippen molar-refractivity contribution in [2.24, 2.45) is 11.1 Å². The van der Waals surface area contributed by atoms with Gasteiger partial charge in [0.1, 0.15) is 5.25 Å². The minimum Gasteiger partial charge on any atom is -0.411 e. The molecule has 0 aliphatic heterocycles. The predicted molar refractivity (Wildman–Crippen MR) is 47.7 cm³/mol. The summed E-state index contributed by atoms with van der Waals surface area (Å²) in [5.41, 5.74) is 0.199. The van der Waals surface area contributed by atoms with E-state index in [9.17, 15) is 8.42 Å². The summed E-state index contributed by atoms with van der Waals surface area (Å²) in [5.74, 6) is 0.0388. The molecule has 2 N–H and O–H groups in total. The van der Waals surface area contributed by atoms with E-state index in [-0.39, 0.29) is 11.6 Å². The van der Waals surface area contributed by atoms with Crippen molar-refractivity contribution in [2.75, 3.05) is 12.9 Å². The molecule has 1 saturated carbocycles. The smallest absolute Gasteiger partial charge is 0.158 e. The van der Waals surface area contributed by atoms with Crippen molar-refractivity contribution < 1.29 is 18.7 Å². The lowest BCUT2D eigenvalue weighted by Crippen LogP contribution is -2.34. The maximum atomic E-state index is 11.1. The molecule has 6 heteroatoms. The van der Waals surface area contributed by atoms with Gasteiger partial charge in [-0.05, 0) is 12.8 Å². The number of nitrogens with zero attached hydrogens (tertiary/aromatic N) is 1. The van der Waals surface area contributed by atoms with Gasteiger partial charge in [-0.25, -0.2) is 8.42 Å². The number of hydrogen-bond acceptors (Lipinski definition) is 5. The zero-order valence-corrected chi connectivity index (χ0v) is 8.16. The average molecular weight is 207 g/mol. The second-order valence-electron chi connectivity index (χ2n) is 3.30. The quantitative estimate of drug-likeness (QED) is 0.374. The molecule has 0 unspecified atom stereocenters. The topological polar surface area (TPSA) is 87.0 Å². The molecule has 1 atom stereocenters. The second kappa shape index (κ2) is 3.63. The van der Waals surface area contributed by atoms with E-state index >= 15 is 0 Å². The van der Waals surface area contributed by atoms with Crippen LogP contribution in [0.1, 0.15) is 12.8 Å². The molecule has 0 aromatic heterocycles. The second-order valence-corrected chi connectivity index (χ2v) is 5.53. The summed E-state index contributed by atoms with van der Waals surface area (Å²) >= 11 is 0. The number of hydrogen-bond donors (Lipinski definition) is 2. The van der Waals surface area contributed by atoms with Crippen LogP contribution in [-0.4, -0.2) is 42.6 Å². The molecule has 76 valence electrons. The molecule has 0 spiro atoms. The fraction of sp³-hybridized carbons (Fsp3) is 0.857. The highest BCUT2D eigenvalue weighted by molar-refractivity contribution is 7.92.